The van der Waals surface area contributed by atoms with Crippen LogP contribution in [0.1, 0.15) is 41.0 Å². The first-order valence-electron chi connectivity index (χ1n) is 5.71. The Morgan fingerprint density at radius 3 is 2.33 bits per heavy atom. The van der Waals surface area contributed by atoms with Crippen LogP contribution in [0.5, 0.6) is 0 Å². The zero-order valence-electron chi connectivity index (χ0n) is 11.5. The van der Waals surface area contributed by atoms with Gasteiger partial charge in [-0.3, -0.25) is 5.32 Å². The van der Waals surface area contributed by atoms with Crippen LogP contribution in [0.4, 0.5) is 4.79 Å². The topological polar surface area (TPSA) is 56.8 Å². The van der Waals surface area contributed by atoms with Crippen molar-refractivity contribution >= 4 is 36.5 Å². The average Bonchev–Trinajstić information content (AvgIpc) is 2.12. The molecule has 0 radical (unpaired) electrons. The predicted octanol–water partition coefficient (Wildman–Crippen LogP) is 3.67. The summed E-state index contributed by atoms with van der Waals surface area (Å²) in [6, 6.07) is 0. The average molecular weight is 391 g/mol. The highest BCUT2D eigenvalue weighted by Gasteiger charge is 2.24. The van der Waals surface area contributed by atoms with E-state index in [2.05, 4.69) is 26.5 Å². The smallest absolute Gasteiger partial charge is 0.409 e. The molecule has 7 heteroatoms. The Bertz CT molecular complexity index is 256. The number of carbonyl (C=O) groups is 1. The van der Waals surface area contributed by atoms with Crippen molar-refractivity contribution in [1.29, 1.82) is 0 Å². The summed E-state index contributed by atoms with van der Waals surface area (Å²) in [4.78, 5) is 11.6. The second-order valence-electron chi connectivity index (χ2n) is 5.22. The maximum absolute atomic E-state index is 11.6. The van der Waals surface area contributed by atoms with Crippen molar-refractivity contribution in [2.24, 2.45) is 0 Å². The van der Waals surface area contributed by atoms with E-state index in [9.17, 15) is 4.79 Å². The summed E-state index contributed by atoms with van der Waals surface area (Å²) >= 11 is 2.06. The van der Waals surface area contributed by atoms with Crippen LogP contribution in [0.15, 0.2) is 0 Å². The molecule has 0 heterocycles. The van der Waals surface area contributed by atoms with Crippen LogP contribution in [0.3, 0.4) is 0 Å². The van der Waals surface area contributed by atoms with Gasteiger partial charge in [0.2, 0.25) is 0 Å². The van der Waals surface area contributed by atoms with E-state index in [1.165, 1.54) is 9.21 Å². The predicted molar refractivity (Wildman–Crippen MR) is 81.6 cm³/mol. The second-order valence-corrected chi connectivity index (χ2v) is 6.66. The van der Waals surface area contributed by atoms with Crippen molar-refractivity contribution in [3.05, 3.63) is 0 Å². The van der Waals surface area contributed by atoms with E-state index in [0.29, 0.717) is 13.2 Å². The van der Waals surface area contributed by atoms with Crippen LogP contribution in [-0.2, 0) is 13.7 Å². The van der Waals surface area contributed by atoms with Crippen LogP contribution in [-0.4, -0.2) is 30.6 Å². The van der Waals surface area contributed by atoms with Crippen LogP contribution < -0.4 is 5.32 Å². The van der Waals surface area contributed by atoms with Crippen molar-refractivity contribution in [3.8, 4) is 0 Å². The van der Waals surface area contributed by atoms with Crippen LogP contribution in [0, 0.1) is 0 Å². The minimum absolute atomic E-state index is 0.480. The summed E-state index contributed by atoms with van der Waals surface area (Å²) in [5.41, 5.74) is -1.26. The van der Waals surface area contributed by atoms with E-state index in [4.69, 9.17) is 13.7 Å². The molecule has 0 rings (SSSR count). The highest BCUT2D eigenvalue weighted by molar-refractivity contribution is 14.2. The molecular formula is C11H22INO4S. The van der Waals surface area contributed by atoms with Crippen LogP contribution in [0.25, 0.3) is 0 Å². The van der Waals surface area contributed by atoms with E-state index >= 15 is 0 Å². The molecule has 0 aromatic carbocycles. The SMILES string of the molecule is CC(C)(C)OC(=O)NC(C)(C)OCCCOSI. The maximum Gasteiger partial charge on any atom is 0.409 e. The first kappa shape index (κ1) is 18.3. The monoisotopic (exact) mass is 391 g/mol. The molecule has 18 heavy (non-hydrogen) atoms. The van der Waals surface area contributed by atoms with E-state index < -0.39 is 17.4 Å². The molecule has 0 atom stereocenters. The Hall–Kier alpha value is 0.270. The number of hydrogen-bond acceptors (Lipinski definition) is 5. The fourth-order valence-corrected chi connectivity index (χ4v) is 1.78. The lowest BCUT2D eigenvalue weighted by molar-refractivity contribution is -0.0506. The van der Waals surface area contributed by atoms with Gasteiger partial charge in [0.05, 0.1) is 22.4 Å². The Balaban J connectivity index is 3.88. The van der Waals surface area contributed by atoms with E-state index in [1.807, 2.05) is 20.8 Å². The third kappa shape index (κ3) is 11.4. The number of halogens is 1. The quantitative estimate of drug-likeness (QED) is 0.311. The Labute approximate surface area is 125 Å². The number of carbonyl (C=O) groups excluding carboxylic acids is 1. The Morgan fingerprint density at radius 2 is 1.83 bits per heavy atom. The molecule has 0 unspecified atom stereocenters. The number of rotatable bonds is 7. The van der Waals surface area contributed by atoms with Gasteiger partial charge in [0.25, 0.3) is 0 Å². The molecule has 0 aromatic rings. The van der Waals surface area contributed by atoms with Crippen molar-refractivity contribution < 1.29 is 18.5 Å². The molecule has 1 amide bonds. The number of ether oxygens (including phenoxy) is 2. The van der Waals surface area contributed by atoms with Crippen molar-refractivity contribution in [1.82, 2.24) is 5.32 Å². The van der Waals surface area contributed by atoms with Gasteiger partial charge in [0.1, 0.15) is 11.3 Å². The summed E-state index contributed by atoms with van der Waals surface area (Å²) in [6.07, 6.45) is 0.293. The van der Waals surface area contributed by atoms with Gasteiger partial charge in [-0.2, -0.15) is 0 Å². The lowest BCUT2D eigenvalue weighted by atomic mass is 10.2. The summed E-state index contributed by atoms with van der Waals surface area (Å²) in [6.45, 7) is 10.2. The largest absolute Gasteiger partial charge is 0.444 e. The number of hydrogen-bond donors (Lipinski definition) is 1. The normalized spacial score (nSPS) is 12.3. The number of alkyl carbamates (subject to hydrolysis) is 1. The molecule has 0 aromatic heterocycles. The van der Waals surface area contributed by atoms with Crippen molar-refractivity contribution in [2.45, 2.75) is 52.4 Å². The van der Waals surface area contributed by atoms with E-state index in [1.54, 1.807) is 13.8 Å². The molecular weight excluding hydrogens is 369 g/mol. The third-order valence-corrected chi connectivity index (χ3v) is 2.70. The van der Waals surface area contributed by atoms with Crippen LogP contribution >= 0.6 is 30.4 Å². The number of nitrogens with one attached hydrogen (secondary N) is 1. The molecule has 108 valence electrons. The third-order valence-electron chi connectivity index (χ3n) is 1.68. The molecule has 0 saturated heterocycles. The second kappa shape index (κ2) is 8.44. The standard InChI is InChI=1S/C11H22INO4S/c1-10(2,3)17-9(14)13-11(4,5)15-7-6-8-16-18-12/h6-8H2,1-5H3,(H,13,14). The van der Waals surface area contributed by atoms with Crippen LogP contribution in [0.2, 0.25) is 0 Å². The summed E-state index contributed by atoms with van der Waals surface area (Å²) < 4.78 is 15.8. The highest BCUT2D eigenvalue weighted by atomic mass is 127. The summed E-state index contributed by atoms with van der Waals surface area (Å²) in [5, 5.41) is 2.67. The van der Waals surface area contributed by atoms with Gasteiger partial charge in [0.15, 0.2) is 0 Å². The highest BCUT2D eigenvalue weighted by Crippen LogP contribution is 2.13. The molecule has 0 bridgehead atoms. The zero-order valence-corrected chi connectivity index (χ0v) is 14.5. The fraction of sp³-hybridized carbons (Fsp3) is 0.909. The minimum Gasteiger partial charge on any atom is -0.444 e. The molecule has 0 saturated carbocycles. The molecule has 1 N–H and O–H groups in total. The van der Waals surface area contributed by atoms with Gasteiger partial charge in [-0.1, -0.05) is 0 Å². The summed E-state index contributed by atoms with van der Waals surface area (Å²) in [5.74, 6) is 0. The lowest BCUT2D eigenvalue weighted by Crippen LogP contribution is -2.47. The zero-order chi connectivity index (χ0) is 14.2. The van der Waals surface area contributed by atoms with Gasteiger partial charge >= 0.3 is 6.09 Å². The van der Waals surface area contributed by atoms with Crippen molar-refractivity contribution in [3.63, 3.8) is 0 Å². The molecule has 0 fully saturated rings. The van der Waals surface area contributed by atoms with E-state index in [0.717, 1.165) is 6.42 Å². The van der Waals surface area contributed by atoms with Gasteiger partial charge < -0.3 is 13.7 Å². The number of amides is 1. The summed E-state index contributed by atoms with van der Waals surface area (Å²) in [7, 11) is 1.30. The maximum atomic E-state index is 11.6. The Kier molecular flexibility index (Phi) is 8.57. The molecule has 0 aliphatic heterocycles. The first-order valence-corrected chi connectivity index (χ1v) is 9.00. The molecule has 0 aliphatic rings. The van der Waals surface area contributed by atoms with Crippen molar-refractivity contribution in [2.75, 3.05) is 13.2 Å². The Morgan fingerprint density at radius 1 is 1.22 bits per heavy atom. The van der Waals surface area contributed by atoms with Gasteiger partial charge in [-0.05, 0) is 41.0 Å². The van der Waals surface area contributed by atoms with Gasteiger partial charge in [-0.15, -0.1) is 0 Å². The lowest BCUT2D eigenvalue weighted by Gasteiger charge is -2.28. The molecule has 0 spiro atoms. The molecule has 5 nitrogen and oxygen atoms in total. The van der Waals surface area contributed by atoms with Gasteiger partial charge in [0, 0.05) is 21.2 Å². The minimum atomic E-state index is -0.750. The fourth-order valence-electron chi connectivity index (χ4n) is 1.06. The van der Waals surface area contributed by atoms with Gasteiger partial charge in [-0.25, -0.2) is 4.79 Å². The molecule has 0 aliphatic carbocycles. The first-order chi connectivity index (χ1) is 8.16. The van der Waals surface area contributed by atoms with E-state index in [-0.39, 0.29) is 0 Å².